The van der Waals surface area contributed by atoms with Gasteiger partial charge in [0.2, 0.25) is 0 Å². The van der Waals surface area contributed by atoms with E-state index in [0.29, 0.717) is 6.61 Å². The van der Waals surface area contributed by atoms with Crippen molar-refractivity contribution in [1.82, 2.24) is 5.32 Å². The monoisotopic (exact) mass is 262 g/mol. The van der Waals surface area contributed by atoms with Crippen molar-refractivity contribution >= 4 is 11.7 Å². The molecular weight excluding hydrogens is 240 g/mol. The number of carbonyl (C=O) groups excluding carboxylic acids is 1. The third-order valence-corrected chi connectivity index (χ3v) is 3.27. The lowest BCUT2D eigenvalue weighted by Gasteiger charge is -2.19. The molecule has 0 aromatic heterocycles. The van der Waals surface area contributed by atoms with Crippen LogP contribution in [0.2, 0.25) is 0 Å². The number of hydrogen-bond acceptors (Lipinski definition) is 2. The average molecular weight is 262 g/mol. The maximum absolute atomic E-state index is 11.8. The number of anilines is 1. The van der Waals surface area contributed by atoms with Crippen molar-refractivity contribution in [2.24, 2.45) is 0 Å². The maximum atomic E-state index is 11.8. The SMILES string of the molecule is CC(C)(C)c1ccc(NC(=O)NC2CCOC2)cc1. The lowest BCUT2D eigenvalue weighted by atomic mass is 9.87. The number of urea groups is 1. The first kappa shape index (κ1) is 13.9. The molecular formula is C15H22N2O2. The highest BCUT2D eigenvalue weighted by atomic mass is 16.5. The molecule has 1 aromatic rings. The van der Waals surface area contributed by atoms with Crippen LogP contribution in [-0.4, -0.2) is 25.3 Å². The fourth-order valence-electron chi connectivity index (χ4n) is 2.05. The van der Waals surface area contributed by atoms with Crippen molar-refractivity contribution in [2.45, 2.75) is 38.6 Å². The van der Waals surface area contributed by atoms with Crippen LogP contribution in [0.5, 0.6) is 0 Å². The van der Waals surface area contributed by atoms with Crippen molar-refractivity contribution in [1.29, 1.82) is 0 Å². The lowest BCUT2D eigenvalue weighted by Crippen LogP contribution is -2.38. The molecule has 1 heterocycles. The molecule has 2 rings (SSSR count). The van der Waals surface area contributed by atoms with Crippen molar-refractivity contribution in [3.63, 3.8) is 0 Å². The normalized spacial score (nSPS) is 19.2. The Bertz CT molecular complexity index is 428. The van der Waals surface area contributed by atoms with Gasteiger partial charge >= 0.3 is 6.03 Å². The van der Waals surface area contributed by atoms with Gasteiger partial charge in [0.1, 0.15) is 0 Å². The van der Waals surface area contributed by atoms with E-state index in [1.807, 2.05) is 24.3 Å². The summed E-state index contributed by atoms with van der Waals surface area (Å²) in [5.74, 6) is 0. The smallest absolute Gasteiger partial charge is 0.319 e. The minimum Gasteiger partial charge on any atom is -0.379 e. The van der Waals surface area contributed by atoms with Crippen LogP contribution in [0.4, 0.5) is 10.5 Å². The zero-order valence-corrected chi connectivity index (χ0v) is 11.8. The molecule has 1 fully saturated rings. The Balaban J connectivity index is 1.90. The minimum atomic E-state index is -0.168. The van der Waals surface area contributed by atoms with Gasteiger partial charge in [0.05, 0.1) is 12.6 Å². The van der Waals surface area contributed by atoms with Gasteiger partial charge in [0.15, 0.2) is 0 Å². The van der Waals surface area contributed by atoms with Crippen LogP contribution in [0.15, 0.2) is 24.3 Å². The van der Waals surface area contributed by atoms with Crippen molar-refractivity contribution < 1.29 is 9.53 Å². The molecule has 0 radical (unpaired) electrons. The first-order valence-electron chi connectivity index (χ1n) is 6.71. The van der Waals surface area contributed by atoms with Crippen LogP contribution in [-0.2, 0) is 10.2 Å². The van der Waals surface area contributed by atoms with Crippen LogP contribution in [0.25, 0.3) is 0 Å². The Morgan fingerprint density at radius 3 is 2.47 bits per heavy atom. The molecule has 1 aliphatic rings. The molecule has 4 nitrogen and oxygen atoms in total. The third kappa shape index (κ3) is 3.96. The van der Waals surface area contributed by atoms with Gasteiger partial charge in [-0.2, -0.15) is 0 Å². The fourth-order valence-corrected chi connectivity index (χ4v) is 2.05. The highest BCUT2D eigenvalue weighted by Crippen LogP contribution is 2.23. The van der Waals surface area contributed by atoms with Crippen molar-refractivity contribution in [2.75, 3.05) is 18.5 Å². The molecule has 2 N–H and O–H groups in total. The van der Waals surface area contributed by atoms with Gasteiger partial charge in [-0.1, -0.05) is 32.9 Å². The van der Waals surface area contributed by atoms with Crippen LogP contribution in [0.1, 0.15) is 32.8 Å². The molecule has 104 valence electrons. The van der Waals surface area contributed by atoms with Gasteiger partial charge < -0.3 is 15.4 Å². The van der Waals surface area contributed by atoms with Gasteiger partial charge in [0.25, 0.3) is 0 Å². The van der Waals surface area contributed by atoms with Crippen LogP contribution < -0.4 is 10.6 Å². The van der Waals surface area contributed by atoms with Crippen LogP contribution in [0, 0.1) is 0 Å². The second-order valence-electron chi connectivity index (χ2n) is 5.99. The van der Waals surface area contributed by atoms with E-state index in [9.17, 15) is 4.79 Å². The molecule has 0 bridgehead atoms. The fraction of sp³-hybridized carbons (Fsp3) is 0.533. The number of carbonyl (C=O) groups is 1. The summed E-state index contributed by atoms with van der Waals surface area (Å²) in [6.45, 7) is 7.84. The molecule has 1 aromatic carbocycles. The second kappa shape index (κ2) is 5.61. The molecule has 19 heavy (non-hydrogen) atoms. The Morgan fingerprint density at radius 2 is 1.95 bits per heavy atom. The maximum Gasteiger partial charge on any atom is 0.319 e. The quantitative estimate of drug-likeness (QED) is 0.861. The summed E-state index contributed by atoms with van der Waals surface area (Å²) in [6.07, 6.45) is 0.885. The molecule has 1 atom stereocenters. The van der Waals surface area contributed by atoms with Crippen molar-refractivity contribution in [3.05, 3.63) is 29.8 Å². The van der Waals surface area contributed by atoms with Gasteiger partial charge in [0, 0.05) is 12.3 Å². The average Bonchev–Trinajstić information content (AvgIpc) is 2.81. The number of rotatable bonds is 2. The van der Waals surface area contributed by atoms with Gasteiger partial charge in [-0.15, -0.1) is 0 Å². The number of hydrogen-bond donors (Lipinski definition) is 2. The minimum absolute atomic E-state index is 0.127. The zero-order chi connectivity index (χ0) is 13.9. The molecule has 4 heteroatoms. The van der Waals surface area contributed by atoms with Crippen LogP contribution in [0.3, 0.4) is 0 Å². The number of amides is 2. The summed E-state index contributed by atoms with van der Waals surface area (Å²) in [7, 11) is 0. The number of nitrogens with one attached hydrogen (secondary N) is 2. The number of ether oxygens (including phenoxy) is 1. The number of benzene rings is 1. The topological polar surface area (TPSA) is 50.4 Å². The first-order valence-corrected chi connectivity index (χ1v) is 6.71. The van der Waals surface area contributed by atoms with E-state index < -0.39 is 0 Å². The summed E-state index contributed by atoms with van der Waals surface area (Å²) in [5.41, 5.74) is 2.19. The zero-order valence-electron chi connectivity index (χ0n) is 11.8. The predicted octanol–water partition coefficient (Wildman–Crippen LogP) is 2.89. The predicted molar refractivity (Wildman–Crippen MR) is 76.5 cm³/mol. The summed E-state index contributed by atoms with van der Waals surface area (Å²) < 4.78 is 5.22. The third-order valence-electron chi connectivity index (χ3n) is 3.27. The van der Waals surface area contributed by atoms with Gasteiger partial charge in [-0.3, -0.25) is 0 Å². The van der Waals surface area contributed by atoms with E-state index in [1.165, 1.54) is 5.56 Å². The Kier molecular flexibility index (Phi) is 4.10. The van der Waals surface area contributed by atoms with Crippen LogP contribution >= 0.6 is 0 Å². The molecule has 1 saturated heterocycles. The Labute approximate surface area is 114 Å². The summed E-state index contributed by atoms with van der Waals surface area (Å²) >= 11 is 0. The van der Waals surface area contributed by atoms with E-state index >= 15 is 0 Å². The largest absolute Gasteiger partial charge is 0.379 e. The highest BCUT2D eigenvalue weighted by Gasteiger charge is 2.18. The molecule has 0 aliphatic carbocycles. The van der Waals surface area contributed by atoms with E-state index in [2.05, 4.69) is 31.4 Å². The Morgan fingerprint density at radius 1 is 1.26 bits per heavy atom. The molecule has 0 spiro atoms. The highest BCUT2D eigenvalue weighted by molar-refractivity contribution is 5.89. The van der Waals surface area contributed by atoms with E-state index in [0.717, 1.165) is 18.7 Å². The van der Waals surface area contributed by atoms with E-state index in [1.54, 1.807) is 0 Å². The molecule has 2 amide bonds. The summed E-state index contributed by atoms with van der Waals surface area (Å²) in [5, 5.41) is 5.74. The summed E-state index contributed by atoms with van der Waals surface area (Å²) in [6, 6.07) is 7.94. The standard InChI is InChI=1S/C15H22N2O2/c1-15(2,3)11-4-6-12(7-5-11)16-14(18)17-13-8-9-19-10-13/h4-7,13H,8-10H2,1-3H3,(H2,16,17,18). The summed E-state index contributed by atoms with van der Waals surface area (Å²) in [4.78, 5) is 11.8. The van der Waals surface area contributed by atoms with E-state index in [4.69, 9.17) is 4.74 Å². The molecule has 1 aliphatic heterocycles. The second-order valence-corrected chi connectivity index (χ2v) is 5.99. The van der Waals surface area contributed by atoms with Gasteiger partial charge in [-0.05, 0) is 29.5 Å². The first-order chi connectivity index (χ1) is 8.95. The van der Waals surface area contributed by atoms with Crippen molar-refractivity contribution in [3.8, 4) is 0 Å². The molecule has 1 unspecified atom stereocenters. The van der Waals surface area contributed by atoms with Gasteiger partial charge in [-0.25, -0.2) is 4.79 Å². The Hall–Kier alpha value is -1.55. The molecule has 0 saturated carbocycles. The van der Waals surface area contributed by atoms with E-state index in [-0.39, 0.29) is 17.5 Å². The lowest BCUT2D eigenvalue weighted by molar-refractivity contribution is 0.189.